The van der Waals surface area contributed by atoms with Gasteiger partial charge in [-0.15, -0.1) is 0 Å². The van der Waals surface area contributed by atoms with Crippen molar-refractivity contribution >= 4 is 44.3 Å². The first-order valence-electron chi connectivity index (χ1n) is 18.3. The van der Waals surface area contributed by atoms with Gasteiger partial charge in [0.25, 0.3) is 5.92 Å². The van der Waals surface area contributed by atoms with E-state index in [1.807, 2.05) is 0 Å². The monoisotopic (exact) mass is 889 g/mol. The first-order valence-corrected chi connectivity index (χ1v) is 20.5. The fourth-order valence-electron chi connectivity index (χ4n) is 7.83. The third kappa shape index (κ3) is 7.92. The number of carbonyl (C=O) groups excluding carboxylic acids is 1. The Morgan fingerprint density at radius 2 is 1.80 bits per heavy atom. The van der Waals surface area contributed by atoms with Crippen molar-refractivity contribution < 1.29 is 53.5 Å². The number of hydrogen-bond donors (Lipinski definition) is 3. The van der Waals surface area contributed by atoms with Gasteiger partial charge in [-0.2, -0.15) is 32.1 Å². The van der Waals surface area contributed by atoms with Crippen molar-refractivity contribution in [2.45, 2.75) is 56.0 Å². The number of fused-ring (bicyclic) bond motifs is 4. The van der Waals surface area contributed by atoms with Gasteiger partial charge in [0.05, 0.1) is 40.2 Å². The Morgan fingerprint density at radius 1 is 1.10 bits per heavy atom. The molecule has 1 fully saturated rings. The van der Waals surface area contributed by atoms with E-state index in [9.17, 15) is 40.3 Å². The lowest BCUT2D eigenvalue weighted by Crippen LogP contribution is -2.35. The molecule has 0 saturated heterocycles. The summed E-state index contributed by atoms with van der Waals surface area (Å²) in [6, 6.07) is 10.0. The number of nitrogens with zero attached hydrogens (tertiary/aromatic N) is 5. The zero-order valence-corrected chi connectivity index (χ0v) is 33.4. The minimum Gasteiger partial charge on any atom is -0.465 e. The van der Waals surface area contributed by atoms with Crippen LogP contribution in [0, 0.1) is 29.4 Å². The number of nitrogens with one attached hydrogen (secondary N) is 2. The number of pyridine rings is 1. The number of furan rings is 1. The molecule has 4 aromatic heterocycles. The Morgan fingerprint density at radius 3 is 2.46 bits per heavy atom. The second-order valence-corrected chi connectivity index (χ2v) is 17.2. The number of rotatable bonds is 10. The van der Waals surface area contributed by atoms with Gasteiger partial charge in [-0.05, 0) is 79.6 Å². The molecule has 2 aromatic carbocycles. The number of aryl methyl sites for hydroxylation is 1. The molecule has 3 N–H and O–H groups in total. The Bertz CT molecular complexity index is 2920. The topological polar surface area (TPSA) is 157 Å². The molecule has 318 valence electrons. The van der Waals surface area contributed by atoms with Gasteiger partial charge in [0.1, 0.15) is 35.3 Å². The first kappa shape index (κ1) is 41.8. The van der Waals surface area contributed by atoms with Crippen LogP contribution in [0.4, 0.5) is 36.6 Å². The van der Waals surface area contributed by atoms with Crippen molar-refractivity contribution in [2.75, 3.05) is 11.0 Å². The maximum absolute atomic E-state index is 15.5. The Balaban J connectivity index is 1.29. The quantitative estimate of drug-likeness (QED) is 0.0955. The fraction of sp³-hybridized carbons (Fsp3) is 0.300. The van der Waals surface area contributed by atoms with E-state index in [-0.39, 0.29) is 62.0 Å². The lowest BCUT2D eigenvalue weighted by atomic mass is 9.93. The van der Waals surface area contributed by atoms with Crippen molar-refractivity contribution in [3.05, 3.63) is 117 Å². The van der Waals surface area contributed by atoms with E-state index >= 15 is 8.78 Å². The number of aromatic nitrogens is 5. The second-order valence-electron chi connectivity index (χ2n) is 15.0. The number of sulfonamides is 1. The number of aliphatic hydroxyl groups is 1. The molecule has 12 nitrogen and oxygen atoms in total. The molecule has 6 aromatic rings. The van der Waals surface area contributed by atoms with Crippen LogP contribution in [-0.4, -0.2) is 50.2 Å². The summed E-state index contributed by atoms with van der Waals surface area (Å²) in [6.07, 6.45) is -3.47. The number of benzene rings is 2. The van der Waals surface area contributed by atoms with Crippen LogP contribution in [0.15, 0.2) is 65.3 Å². The summed E-state index contributed by atoms with van der Waals surface area (Å²) >= 11 is 6.59. The number of alkyl halides is 5. The average molecular weight is 890 g/mol. The average Bonchev–Trinajstić information content (AvgIpc) is 3.41. The first-order chi connectivity index (χ1) is 28.5. The SMILES string of the molecule is Cn1nc(NS(C)(=O)=O)c2c(Cl)ccc(-c3ccc(C#CC(C)(O)c4ccco4)nc3[C@H](Cc3cc(F)cc(F)c3)NC(=O)Cn3nc(C(F)(F)F)c4c3C(F)(F)[C@@H]3C[C@H]43)c21. The molecule has 61 heavy (non-hydrogen) atoms. The van der Waals surface area contributed by atoms with Crippen molar-refractivity contribution in [3.63, 3.8) is 0 Å². The normalized spacial score (nSPS) is 18.2. The number of carbonyl (C=O) groups is 1. The highest BCUT2D eigenvalue weighted by Crippen LogP contribution is 2.68. The molecule has 1 saturated carbocycles. The standard InChI is InChI=1S/C40H31ClF7N7O5S/c1-38(57,29-5-4-12-60-29)11-10-22-6-7-23(24-8-9-27(41)32-34(24)54(2)52-37(32)53-61(3,58)59)33(49-22)28(15-19-13-20(42)16-21(43)14-19)50-30(56)18-55-36-31(35(51-55)40(46,47)48)25-17-26(25)39(36,44)45/h4-9,12-14,16,25-26,28,57H,15,17-18H2,1-3H3,(H,50,56)(H,52,53)/t25-,26+,28-,38?/m0/s1. The molecule has 4 heterocycles. The van der Waals surface area contributed by atoms with Crippen LogP contribution >= 0.6 is 11.6 Å². The highest BCUT2D eigenvalue weighted by atomic mass is 35.5. The highest BCUT2D eigenvalue weighted by molar-refractivity contribution is 7.92. The van der Waals surface area contributed by atoms with Crippen LogP contribution < -0.4 is 10.0 Å². The summed E-state index contributed by atoms with van der Waals surface area (Å²) in [4.78, 5) is 18.7. The molecular weight excluding hydrogens is 859 g/mol. The number of anilines is 1. The van der Waals surface area contributed by atoms with E-state index < -0.39 is 93.1 Å². The van der Waals surface area contributed by atoms with Crippen LogP contribution in [0.5, 0.6) is 0 Å². The van der Waals surface area contributed by atoms with Gasteiger partial charge in [0, 0.05) is 35.7 Å². The molecule has 1 unspecified atom stereocenters. The zero-order valence-electron chi connectivity index (χ0n) is 31.9. The largest absolute Gasteiger partial charge is 0.465 e. The molecule has 4 atom stereocenters. The maximum Gasteiger partial charge on any atom is 0.435 e. The predicted octanol–water partition coefficient (Wildman–Crippen LogP) is 7.32. The summed E-state index contributed by atoms with van der Waals surface area (Å²) in [6.45, 7) is 0.240. The lowest BCUT2D eigenvalue weighted by Gasteiger charge is -2.23. The van der Waals surface area contributed by atoms with Gasteiger partial charge < -0.3 is 14.8 Å². The van der Waals surface area contributed by atoms with Gasteiger partial charge in [-0.3, -0.25) is 18.9 Å². The fourth-order valence-corrected chi connectivity index (χ4v) is 8.57. The molecule has 0 spiro atoms. The summed E-state index contributed by atoms with van der Waals surface area (Å²) in [7, 11) is -2.38. The van der Waals surface area contributed by atoms with E-state index in [4.69, 9.17) is 21.0 Å². The van der Waals surface area contributed by atoms with Crippen LogP contribution in [0.1, 0.15) is 65.0 Å². The van der Waals surface area contributed by atoms with E-state index in [2.05, 4.69) is 32.1 Å². The van der Waals surface area contributed by atoms with E-state index in [0.29, 0.717) is 10.7 Å². The predicted molar refractivity (Wildman–Crippen MR) is 205 cm³/mol. The van der Waals surface area contributed by atoms with Crippen LogP contribution in [-0.2, 0) is 52.5 Å². The molecule has 2 aliphatic carbocycles. The van der Waals surface area contributed by atoms with Crippen molar-refractivity contribution in [1.82, 2.24) is 29.9 Å². The number of amides is 1. The third-order valence-electron chi connectivity index (χ3n) is 10.4. The highest BCUT2D eigenvalue weighted by Gasteiger charge is 2.68. The molecule has 2 aliphatic rings. The van der Waals surface area contributed by atoms with Gasteiger partial charge in [-0.25, -0.2) is 22.2 Å². The maximum atomic E-state index is 15.5. The summed E-state index contributed by atoms with van der Waals surface area (Å²) in [5.41, 5.74) is -4.43. The van der Waals surface area contributed by atoms with Crippen molar-refractivity contribution in [3.8, 4) is 23.0 Å². The van der Waals surface area contributed by atoms with Gasteiger partial charge >= 0.3 is 6.18 Å². The van der Waals surface area contributed by atoms with E-state index in [1.165, 1.54) is 61.3 Å². The second kappa shape index (κ2) is 14.6. The van der Waals surface area contributed by atoms with E-state index in [1.54, 1.807) is 0 Å². The molecule has 0 bridgehead atoms. The summed E-state index contributed by atoms with van der Waals surface area (Å²) in [5, 5.41) is 21.7. The van der Waals surface area contributed by atoms with Crippen LogP contribution in [0.3, 0.4) is 0 Å². The van der Waals surface area contributed by atoms with Gasteiger partial charge in [0.15, 0.2) is 17.1 Å². The van der Waals surface area contributed by atoms with Gasteiger partial charge in [0.2, 0.25) is 15.9 Å². The Kier molecular flexibility index (Phi) is 10.0. The Labute approximate surface area is 346 Å². The summed E-state index contributed by atoms with van der Waals surface area (Å²) < 4.78 is 136. The van der Waals surface area contributed by atoms with Crippen molar-refractivity contribution in [2.24, 2.45) is 13.0 Å². The third-order valence-corrected chi connectivity index (χ3v) is 11.3. The lowest BCUT2D eigenvalue weighted by molar-refractivity contribution is -0.142. The molecule has 21 heteroatoms. The summed E-state index contributed by atoms with van der Waals surface area (Å²) in [5.74, 6) is -3.88. The van der Waals surface area contributed by atoms with Crippen LogP contribution in [0.2, 0.25) is 5.02 Å². The minimum absolute atomic E-state index is 0.0246. The molecule has 0 radical (unpaired) electrons. The Hall–Kier alpha value is -5.91. The molecule has 8 rings (SSSR count). The molecule has 1 amide bonds. The van der Waals surface area contributed by atoms with Crippen LogP contribution in [0.25, 0.3) is 22.0 Å². The molecule has 0 aliphatic heterocycles. The number of hydrogen-bond acceptors (Lipinski definition) is 8. The van der Waals surface area contributed by atoms with E-state index in [0.717, 1.165) is 18.4 Å². The van der Waals surface area contributed by atoms with Crippen molar-refractivity contribution in [1.29, 1.82) is 0 Å². The van der Waals surface area contributed by atoms with Gasteiger partial charge in [-0.1, -0.05) is 23.6 Å². The zero-order chi connectivity index (χ0) is 44.0. The molecular formula is C40H31ClF7N7O5S. The minimum atomic E-state index is -5.10. The smallest absolute Gasteiger partial charge is 0.435 e. The number of halogens is 8.